The first-order chi connectivity index (χ1) is 14.4. The molecule has 1 fully saturated rings. The Hall–Kier alpha value is -3.42. The van der Waals surface area contributed by atoms with Crippen molar-refractivity contribution in [3.05, 3.63) is 69.3 Å². The minimum absolute atomic E-state index is 0.0736. The highest BCUT2D eigenvalue weighted by atomic mass is 16.6. The van der Waals surface area contributed by atoms with Crippen molar-refractivity contribution >= 4 is 23.2 Å². The van der Waals surface area contributed by atoms with E-state index in [0.29, 0.717) is 38.2 Å². The van der Waals surface area contributed by atoms with Crippen LogP contribution in [0.15, 0.2) is 42.5 Å². The second kappa shape index (κ2) is 8.14. The predicted molar refractivity (Wildman–Crippen MR) is 112 cm³/mol. The van der Waals surface area contributed by atoms with Crippen molar-refractivity contribution in [2.24, 2.45) is 11.7 Å². The van der Waals surface area contributed by atoms with Gasteiger partial charge in [0.2, 0.25) is 11.8 Å². The summed E-state index contributed by atoms with van der Waals surface area (Å²) >= 11 is 0. The number of piperidine rings is 1. The fourth-order valence-electron chi connectivity index (χ4n) is 4.40. The fraction of sp³-hybridized carbons (Fsp3) is 0.364. The summed E-state index contributed by atoms with van der Waals surface area (Å²) in [7, 11) is 0. The third kappa shape index (κ3) is 3.85. The predicted octanol–water partition coefficient (Wildman–Crippen LogP) is 2.50. The molecule has 2 heterocycles. The van der Waals surface area contributed by atoms with Gasteiger partial charge >= 0.3 is 0 Å². The molecule has 8 heteroatoms. The molecule has 0 saturated carbocycles. The van der Waals surface area contributed by atoms with Crippen molar-refractivity contribution in [2.75, 3.05) is 24.5 Å². The Kier molecular flexibility index (Phi) is 5.39. The van der Waals surface area contributed by atoms with Crippen molar-refractivity contribution in [2.45, 2.75) is 25.8 Å². The lowest BCUT2D eigenvalue weighted by Gasteiger charge is -2.36. The Morgan fingerprint density at radius 3 is 2.40 bits per heavy atom. The van der Waals surface area contributed by atoms with Crippen LogP contribution in [-0.2, 0) is 17.8 Å². The van der Waals surface area contributed by atoms with E-state index in [-0.39, 0.29) is 23.1 Å². The summed E-state index contributed by atoms with van der Waals surface area (Å²) in [6.45, 7) is 2.49. The molecule has 2 amide bonds. The minimum Gasteiger partial charge on any atom is -0.366 e. The summed E-state index contributed by atoms with van der Waals surface area (Å²) in [6.07, 6.45) is 2.16. The van der Waals surface area contributed by atoms with Crippen LogP contribution in [-0.4, -0.2) is 41.3 Å². The Morgan fingerprint density at radius 1 is 1.03 bits per heavy atom. The van der Waals surface area contributed by atoms with E-state index in [2.05, 4.69) is 12.1 Å². The molecule has 0 spiro atoms. The highest BCUT2D eigenvalue weighted by Crippen LogP contribution is 2.33. The molecule has 2 aliphatic heterocycles. The zero-order valence-corrected chi connectivity index (χ0v) is 16.6. The number of hydrogen-bond donors (Lipinski definition) is 1. The van der Waals surface area contributed by atoms with Gasteiger partial charge in [0.05, 0.1) is 4.92 Å². The molecular weight excluding hydrogens is 384 g/mol. The van der Waals surface area contributed by atoms with Gasteiger partial charge in [0.25, 0.3) is 5.69 Å². The van der Waals surface area contributed by atoms with Gasteiger partial charge in [-0.25, -0.2) is 0 Å². The maximum absolute atomic E-state index is 13.0. The van der Waals surface area contributed by atoms with E-state index < -0.39 is 10.8 Å². The number of nitrogens with two attached hydrogens (primary N) is 1. The molecule has 2 aromatic carbocycles. The zero-order chi connectivity index (χ0) is 21.3. The molecule has 30 heavy (non-hydrogen) atoms. The van der Waals surface area contributed by atoms with Gasteiger partial charge in [-0.2, -0.15) is 0 Å². The molecule has 8 nitrogen and oxygen atoms in total. The molecule has 2 aromatic rings. The Morgan fingerprint density at radius 2 is 1.73 bits per heavy atom. The molecule has 0 atom stereocenters. The Labute approximate surface area is 174 Å². The quantitative estimate of drug-likeness (QED) is 0.617. The summed E-state index contributed by atoms with van der Waals surface area (Å²) < 4.78 is 0. The Balaban J connectivity index is 1.42. The number of nitro benzene ring substituents is 1. The third-order valence-electron chi connectivity index (χ3n) is 6.08. The molecule has 2 aliphatic rings. The Bertz CT molecular complexity index is 998. The summed E-state index contributed by atoms with van der Waals surface area (Å²) in [5.41, 5.74) is 8.20. The monoisotopic (exact) mass is 408 g/mol. The van der Waals surface area contributed by atoms with Crippen LogP contribution in [0.1, 0.15) is 34.3 Å². The molecule has 0 radical (unpaired) electrons. The highest BCUT2D eigenvalue weighted by molar-refractivity contribution is 5.94. The minimum atomic E-state index is -0.697. The van der Waals surface area contributed by atoms with Gasteiger partial charge in [0.1, 0.15) is 5.69 Å². The van der Waals surface area contributed by atoms with E-state index in [9.17, 15) is 19.7 Å². The molecule has 0 aliphatic carbocycles. The smallest absolute Gasteiger partial charge is 0.293 e. The summed E-state index contributed by atoms with van der Waals surface area (Å²) in [5, 5.41) is 11.5. The number of nitro groups is 1. The maximum Gasteiger partial charge on any atom is 0.293 e. The average Bonchev–Trinajstić information content (AvgIpc) is 2.78. The maximum atomic E-state index is 13.0. The molecule has 156 valence electrons. The van der Waals surface area contributed by atoms with Crippen molar-refractivity contribution in [3.8, 4) is 0 Å². The van der Waals surface area contributed by atoms with Crippen LogP contribution in [0.2, 0.25) is 0 Å². The van der Waals surface area contributed by atoms with Crippen molar-refractivity contribution in [1.82, 2.24) is 4.90 Å². The lowest BCUT2D eigenvalue weighted by Crippen LogP contribution is -2.44. The van der Waals surface area contributed by atoms with E-state index in [1.54, 1.807) is 6.07 Å². The first-order valence-electron chi connectivity index (χ1n) is 10.1. The zero-order valence-electron chi connectivity index (χ0n) is 16.6. The third-order valence-corrected chi connectivity index (χ3v) is 6.08. The van der Waals surface area contributed by atoms with Crippen LogP contribution < -0.4 is 10.6 Å². The lowest BCUT2D eigenvalue weighted by molar-refractivity contribution is -0.384. The topological polar surface area (TPSA) is 110 Å². The first kappa shape index (κ1) is 19.9. The number of amides is 2. The van der Waals surface area contributed by atoms with Crippen molar-refractivity contribution < 1.29 is 14.5 Å². The van der Waals surface area contributed by atoms with E-state index in [1.165, 1.54) is 23.3 Å². The van der Waals surface area contributed by atoms with E-state index in [4.69, 9.17) is 5.73 Å². The molecule has 1 saturated heterocycles. The number of benzene rings is 2. The standard InChI is InChI=1S/C22H24N4O4/c23-21(27)17-5-6-19(20(13-17)26(29)30)24-10-8-16(9-11-24)22(28)25-12-7-15-3-1-2-4-18(15)14-25/h1-6,13,16H,7-12,14H2,(H2,23,27). The summed E-state index contributed by atoms with van der Waals surface area (Å²) in [6, 6.07) is 12.5. The van der Waals surface area contributed by atoms with Crippen LogP contribution >= 0.6 is 0 Å². The molecule has 0 aromatic heterocycles. The van der Waals surface area contributed by atoms with Crippen molar-refractivity contribution in [3.63, 3.8) is 0 Å². The number of carbonyl (C=O) groups is 2. The lowest BCUT2D eigenvalue weighted by atomic mass is 9.92. The van der Waals surface area contributed by atoms with Crippen LogP contribution in [0.25, 0.3) is 0 Å². The second-order valence-electron chi connectivity index (χ2n) is 7.86. The second-order valence-corrected chi connectivity index (χ2v) is 7.86. The van der Waals surface area contributed by atoms with Gasteiger partial charge in [-0.15, -0.1) is 0 Å². The highest BCUT2D eigenvalue weighted by Gasteiger charge is 2.32. The number of rotatable bonds is 4. The fourth-order valence-corrected chi connectivity index (χ4v) is 4.40. The van der Waals surface area contributed by atoms with Gasteiger partial charge in [-0.3, -0.25) is 19.7 Å². The van der Waals surface area contributed by atoms with Gasteiger partial charge in [-0.1, -0.05) is 24.3 Å². The number of fused-ring (bicyclic) bond motifs is 1. The van der Waals surface area contributed by atoms with Crippen molar-refractivity contribution in [1.29, 1.82) is 0 Å². The normalized spacial score (nSPS) is 16.8. The van der Waals surface area contributed by atoms with Crippen LogP contribution in [0.4, 0.5) is 11.4 Å². The average molecular weight is 408 g/mol. The molecule has 0 bridgehead atoms. The van der Waals surface area contributed by atoms with E-state index in [0.717, 1.165) is 13.0 Å². The van der Waals surface area contributed by atoms with Gasteiger partial charge in [0.15, 0.2) is 0 Å². The van der Waals surface area contributed by atoms with Gasteiger partial charge in [0, 0.05) is 43.7 Å². The largest absolute Gasteiger partial charge is 0.366 e. The number of carbonyl (C=O) groups excluding carboxylic acids is 2. The number of hydrogen-bond acceptors (Lipinski definition) is 5. The SMILES string of the molecule is NC(=O)c1ccc(N2CCC(C(=O)N3CCc4ccccc4C3)CC2)c([N+](=O)[O-])c1. The summed E-state index contributed by atoms with van der Waals surface area (Å²) in [4.78, 5) is 39.2. The van der Waals surface area contributed by atoms with Gasteiger partial charge in [-0.05, 0) is 42.5 Å². The van der Waals surface area contributed by atoms with Crippen LogP contribution in [0.5, 0.6) is 0 Å². The van der Waals surface area contributed by atoms with Crippen LogP contribution in [0.3, 0.4) is 0 Å². The summed E-state index contributed by atoms with van der Waals surface area (Å²) in [5.74, 6) is -0.602. The van der Waals surface area contributed by atoms with Gasteiger partial charge < -0.3 is 15.5 Å². The molecular formula is C22H24N4O4. The number of nitrogens with zero attached hydrogens (tertiary/aromatic N) is 3. The number of anilines is 1. The van der Waals surface area contributed by atoms with Crippen LogP contribution in [0, 0.1) is 16.0 Å². The number of primary amides is 1. The van der Waals surface area contributed by atoms with E-state index >= 15 is 0 Å². The molecule has 4 rings (SSSR count). The molecule has 0 unspecified atom stereocenters. The first-order valence-corrected chi connectivity index (χ1v) is 10.1. The van der Waals surface area contributed by atoms with E-state index in [1.807, 2.05) is 21.9 Å². The molecule has 2 N–H and O–H groups in total.